The van der Waals surface area contributed by atoms with Crippen molar-refractivity contribution in [1.82, 2.24) is 0 Å². The second-order valence-electron chi connectivity index (χ2n) is 5.94. The van der Waals surface area contributed by atoms with E-state index in [1.54, 1.807) is 6.08 Å². The maximum Gasteiger partial charge on any atom is 0.363 e. The van der Waals surface area contributed by atoms with Crippen LogP contribution < -0.4 is 4.74 Å². The summed E-state index contributed by atoms with van der Waals surface area (Å²) in [5, 5.41) is 0. The maximum absolute atomic E-state index is 12.1. The van der Waals surface area contributed by atoms with Crippen molar-refractivity contribution >= 4 is 17.9 Å². The van der Waals surface area contributed by atoms with E-state index in [0.29, 0.717) is 5.90 Å². The fraction of sp³-hybridized carbons (Fsp3) is 0.200. The molecule has 0 aliphatic carbocycles. The molecule has 1 aliphatic heterocycles. The van der Waals surface area contributed by atoms with Crippen LogP contribution in [0, 0.1) is 6.92 Å². The van der Waals surface area contributed by atoms with Crippen LogP contribution in [0.25, 0.3) is 6.08 Å². The van der Waals surface area contributed by atoms with E-state index >= 15 is 0 Å². The Morgan fingerprint density at radius 2 is 1.88 bits per heavy atom. The number of benzene rings is 2. The number of aryl methyl sites for hydroxylation is 1. The Kier molecular flexibility index (Phi) is 4.47. The number of carbonyl (C=O) groups is 1. The van der Waals surface area contributed by atoms with E-state index in [1.807, 2.05) is 69.3 Å². The van der Waals surface area contributed by atoms with Gasteiger partial charge < -0.3 is 9.47 Å². The quantitative estimate of drug-likeness (QED) is 0.628. The van der Waals surface area contributed by atoms with E-state index in [9.17, 15) is 4.79 Å². The van der Waals surface area contributed by atoms with Crippen molar-refractivity contribution in [3.63, 3.8) is 0 Å². The molecule has 1 heterocycles. The Morgan fingerprint density at radius 3 is 2.58 bits per heavy atom. The third kappa shape index (κ3) is 3.71. The van der Waals surface area contributed by atoms with Crippen LogP contribution in [0.3, 0.4) is 0 Å². The largest absolute Gasteiger partial charge is 0.491 e. The second-order valence-corrected chi connectivity index (χ2v) is 5.94. The summed E-state index contributed by atoms with van der Waals surface area (Å²) in [7, 11) is 0. The summed E-state index contributed by atoms with van der Waals surface area (Å²) in [6.45, 7) is 5.94. The molecule has 0 radical (unpaired) electrons. The van der Waals surface area contributed by atoms with E-state index < -0.39 is 5.97 Å². The molecular weight excluding hydrogens is 302 g/mol. The second kappa shape index (κ2) is 6.71. The van der Waals surface area contributed by atoms with Gasteiger partial charge in [-0.25, -0.2) is 9.79 Å². The van der Waals surface area contributed by atoms with Crippen molar-refractivity contribution < 1.29 is 14.3 Å². The lowest BCUT2D eigenvalue weighted by molar-refractivity contribution is -0.129. The number of carbonyl (C=O) groups excluding carboxylic acids is 1. The van der Waals surface area contributed by atoms with Gasteiger partial charge in [-0.3, -0.25) is 0 Å². The molecule has 3 rings (SSSR count). The summed E-state index contributed by atoms with van der Waals surface area (Å²) in [6, 6.07) is 15.2. The van der Waals surface area contributed by atoms with E-state index in [2.05, 4.69) is 4.99 Å². The van der Waals surface area contributed by atoms with Crippen LogP contribution in [-0.2, 0) is 9.53 Å². The molecule has 4 nitrogen and oxygen atoms in total. The summed E-state index contributed by atoms with van der Waals surface area (Å²) in [5.74, 6) is 0.648. The number of cyclic esters (lactones) is 1. The highest BCUT2D eigenvalue weighted by Crippen LogP contribution is 2.22. The SMILES string of the molecule is Cc1ccc(C2=N/C(=C/c3cccc(OC(C)C)c3)C(=O)O2)cc1. The van der Waals surface area contributed by atoms with Gasteiger partial charge in [0, 0.05) is 5.56 Å². The fourth-order valence-electron chi connectivity index (χ4n) is 2.34. The zero-order valence-corrected chi connectivity index (χ0v) is 13.9. The minimum Gasteiger partial charge on any atom is -0.491 e. The van der Waals surface area contributed by atoms with Crippen molar-refractivity contribution in [3.05, 3.63) is 70.9 Å². The van der Waals surface area contributed by atoms with Gasteiger partial charge in [-0.2, -0.15) is 0 Å². The number of hydrogen-bond donors (Lipinski definition) is 0. The molecule has 0 atom stereocenters. The molecule has 4 heteroatoms. The Bertz CT molecular complexity index is 817. The van der Waals surface area contributed by atoms with Crippen LogP contribution in [0.2, 0.25) is 0 Å². The first-order valence-corrected chi connectivity index (χ1v) is 7.87. The van der Waals surface area contributed by atoms with Gasteiger partial charge in [0.15, 0.2) is 5.70 Å². The van der Waals surface area contributed by atoms with Crippen LogP contribution in [0.1, 0.15) is 30.5 Å². The predicted molar refractivity (Wildman–Crippen MR) is 94.0 cm³/mol. The number of esters is 1. The van der Waals surface area contributed by atoms with Gasteiger partial charge >= 0.3 is 5.97 Å². The standard InChI is InChI=1S/C20H19NO3/c1-13(2)23-17-6-4-5-15(11-17)12-18-20(22)24-19(21-18)16-9-7-14(3)8-10-16/h4-13H,1-3H3/b18-12+. The molecule has 0 spiro atoms. The minimum absolute atomic E-state index is 0.0931. The van der Waals surface area contributed by atoms with Crippen molar-refractivity contribution in [2.45, 2.75) is 26.9 Å². The Morgan fingerprint density at radius 1 is 1.12 bits per heavy atom. The fourth-order valence-corrected chi connectivity index (χ4v) is 2.34. The first-order valence-electron chi connectivity index (χ1n) is 7.87. The molecule has 0 saturated carbocycles. The summed E-state index contributed by atoms with van der Waals surface area (Å²) >= 11 is 0. The lowest BCUT2D eigenvalue weighted by Crippen LogP contribution is -2.05. The molecule has 0 bridgehead atoms. The zero-order valence-electron chi connectivity index (χ0n) is 13.9. The van der Waals surface area contributed by atoms with Crippen molar-refractivity contribution in [2.75, 3.05) is 0 Å². The van der Waals surface area contributed by atoms with Crippen LogP contribution in [0.4, 0.5) is 0 Å². The van der Waals surface area contributed by atoms with E-state index in [4.69, 9.17) is 9.47 Å². The number of aliphatic imine (C=N–C) groups is 1. The van der Waals surface area contributed by atoms with Crippen LogP contribution in [-0.4, -0.2) is 18.0 Å². The molecule has 24 heavy (non-hydrogen) atoms. The number of ether oxygens (including phenoxy) is 2. The summed E-state index contributed by atoms with van der Waals surface area (Å²) in [5.41, 5.74) is 3.05. The molecule has 0 fully saturated rings. The lowest BCUT2D eigenvalue weighted by atomic mass is 10.1. The number of rotatable bonds is 4. The van der Waals surface area contributed by atoms with Crippen LogP contribution in [0.15, 0.2) is 59.2 Å². The molecule has 0 N–H and O–H groups in total. The molecule has 1 aliphatic rings. The van der Waals surface area contributed by atoms with E-state index in [1.165, 1.54) is 0 Å². The first kappa shape index (κ1) is 16.0. The van der Waals surface area contributed by atoms with Crippen molar-refractivity contribution in [1.29, 1.82) is 0 Å². The third-order valence-corrected chi connectivity index (χ3v) is 3.45. The first-order chi connectivity index (χ1) is 11.5. The summed E-state index contributed by atoms with van der Waals surface area (Å²) < 4.78 is 10.9. The molecule has 2 aromatic rings. The van der Waals surface area contributed by atoms with Gasteiger partial charge in [0.2, 0.25) is 5.90 Å². The minimum atomic E-state index is -0.444. The Hall–Kier alpha value is -2.88. The molecule has 0 amide bonds. The van der Waals surface area contributed by atoms with E-state index in [0.717, 1.165) is 22.4 Å². The van der Waals surface area contributed by atoms with Gasteiger partial charge in [-0.15, -0.1) is 0 Å². The van der Waals surface area contributed by atoms with Crippen molar-refractivity contribution in [3.8, 4) is 5.75 Å². The Labute approximate surface area is 141 Å². The van der Waals surface area contributed by atoms with Crippen LogP contribution >= 0.6 is 0 Å². The monoisotopic (exact) mass is 321 g/mol. The molecule has 0 aromatic heterocycles. The lowest BCUT2D eigenvalue weighted by Gasteiger charge is -2.09. The molecule has 2 aromatic carbocycles. The molecule has 0 saturated heterocycles. The third-order valence-electron chi connectivity index (χ3n) is 3.45. The summed E-state index contributed by atoms with van der Waals surface area (Å²) in [4.78, 5) is 16.4. The number of nitrogens with zero attached hydrogens (tertiary/aromatic N) is 1. The highest BCUT2D eigenvalue weighted by atomic mass is 16.6. The van der Waals surface area contributed by atoms with Gasteiger partial charge in [0.1, 0.15) is 5.75 Å². The highest BCUT2D eigenvalue weighted by molar-refractivity contribution is 6.12. The normalized spacial score (nSPS) is 15.6. The highest BCUT2D eigenvalue weighted by Gasteiger charge is 2.24. The summed E-state index contributed by atoms with van der Waals surface area (Å²) in [6.07, 6.45) is 1.80. The van der Waals surface area contributed by atoms with Gasteiger partial charge in [0.05, 0.1) is 6.10 Å². The van der Waals surface area contributed by atoms with Gasteiger partial charge in [-0.05, 0) is 56.7 Å². The molecular formula is C20H19NO3. The van der Waals surface area contributed by atoms with Gasteiger partial charge in [-0.1, -0.05) is 29.8 Å². The number of hydrogen-bond acceptors (Lipinski definition) is 4. The predicted octanol–water partition coefficient (Wildman–Crippen LogP) is 4.13. The zero-order chi connectivity index (χ0) is 17.1. The topological polar surface area (TPSA) is 47.9 Å². The van der Waals surface area contributed by atoms with E-state index in [-0.39, 0.29) is 11.8 Å². The molecule has 0 unspecified atom stereocenters. The Balaban J connectivity index is 1.87. The van der Waals surface area contributed by atoms with Crippen LogP contribution in [0.5, 0.6) is 5.75 Å². The van der Waals surface area contributed by atoms with Crippen molar-refractivity contribution in [2.24, 2.45) is 4.99 Å². The van der Waals surface area contributed by atoms with Gasteiger partial charge in [0.25, 0.3) is 0 Å². The molecule has 122 valence electrons. The smallest absolute Gasteiger partial charge is 0.363 e. The maximum atomic E-state index is 12.1. The average molecular weight is 321 g/mol. The average Bonchev–Trinajstić information content (AvgIpc) is 2.89.